The van der Waals surface area contributed by atoms with E-state index in [0.717, 1.165) is 54.1 Å². The number of para-hydroxylation sites is 1. The monoisotopic (exact) mass is 268 g/mol. The van der Waals surface area contributed by atoms with Gasteiger partial charge in [0.05, 0.1) is 30.6 Å². The number of aryl methyl sites for hydroxylation is 1. The molecular formula is C15H16N4O. The Balaban J connectivity index is 2.03. The second-order valence-corrected chi connectivity index (χ2v) is 5.10. The predicted molar refractivity (Wildman–Crippen MR) is 79.0 cm³/mol. The van der Waals surface area contributed by atoms with E-state index in [1.165, 1.54) is 0 Å². The molecule has 1 aliphatic rings. The first-order chi connectivity index (χ1) is 9.84. The lowest BCUT2D eigenvalue weighted by Crippen LogP contribution is -2.36. The van der Waals surface area contributed by atoms with Crippen LogP contribution in [0.2, 0.25) is 0 Å². The summed E-state index contributed by atoms with van der Waals surface area (Å²) in [5, 5.41) is 1.15. The lowest BCUT2D eigenvalue weighted by molar-refractivity contribution is 0.122. The maximum atomic E-state index is 5.43. The molecule has 1 saturated heterocycles. The van der Waals surface area contributed by atoms with Crippen LogP contribution in [0.4, 0.5) is 5.82 Å². The number of hydrogen-bond acceptors (Lipinski definition) is 4. The van der Waals surface area contributed by atoms with Crippen molar-refractivity contribution in [2.45, 2.75) is 0 Å². The standard InChI is InChI=1S/C15H16N4O/c1-18-10-16-13-14(18)11-4-2-3-5-12(11)17-15(13)19-6-8-20-9-7-19/h2-5,10H,6-9H2,1H3. The first kappa shape index (κ1) is 11.7. The summed E-state index contributed by atoms with van der Waals surface area (Å²) in [6.07, 6.45) is 1.86. The summed E-state index contributed by atoms with van der Waals surface area (Å²) in [6, 6.07) is 8.24. The maximum absolute atomic E-state index is 5.43. The van der Waals surface area contributed by atoms with Gasteiger partial charge in [-0.3, -0.25) is 0 Å². The smallest absolute Gasteiger partial charge is 0.157 e. The summed E-state index contributed by atoms with van der Waals surface area (Å²) in [5.74, 6) is 0.975. The normalized spacial score (nSPS) is 16.1. The molecule has 3 heterocycles. The predicted octanol–water partition coefficient (Wildman–Crippen LogP) is 1.96. The van der Waals surface area contributed by atoms with Crippen molar-refractivity contribution in [3.05, 3.63) is 30.6 Å². The molecule has 0 radical (unpaired) electrons. The van der Waals surface area contributed by atoms with E-state index in [9.17, 15) is 0 Å². The van der Waals surface area contributed by atoms with Crippen LogP contribution in [0, 0.1) is 0 Å². The van der Waals surface area contributed by atoms with Crippen molar-refractivity contribution in [2.24, 2.45) is 7.05 Å². The van der Waals surface area contributed by atoms with E-state index in [4.69, 9.17) is 9.72 Å². The van der Waals surface area contributed by atoms with E-state index in [0.29, 0.717) is 0 Å². The Hall–Kier alpha value is -2.14. The molecular weight excluding hydrogens is 252 g/mol. The van der Waals surface area contributed by atoms with Crippen molar-refractivity contribution in [1.29, 1.82) is 0 Å². The molecule has 0 unspecified atom stereocenters. The van der Waals surface area contributed by atoms with E-state index >= 15 is 0 Å². The highest BCUT2D eigenvalue weighted by Gasteiger charge is 2.19. The minimum atomic E-state index is 0.753. The van der Waals surface area contributed by atoms with Crippen molar-refractivity contribution in [3.63, 3.8) is 0 Å². The molecule has 1 aliphatic heterocycles. The number of pyridine rings is 1. The van der Waals surface area contributed by atoms with Crippen molar-refractivity contribution in [2.75, 3.05) is 31.2 Å². The third-order valence-electron chi connectivity index (χ3n) is 3.84. The van der Waals surface area contributed by atoms with Crippen LogP contribution in [-0.4, -0.2) is 40.8 Å². The highest BCUT2D eigenvalue weighted by atomic mass is 16.5. The van der Waals surface area contributed by atoms with E-state index < -0.39 is 0 Å². The van der Waals surface area contributed by atoms with Gasteiger partial charge < -0.3 is 14.2 Å². The fourth-order valence-electron chi connectivity index (χ4n) is 2.85. The highest BCUT2D eigenvalue weighted by molar-refractivity contribution is 6.06. The SMILES string of the molecule is Cn1cnc2c(N3CCOCC3)nc3ccccc3c21. The fraction of sp³-hybridized carbons (Fsp3) is 0.333. The number of hydrogen-bond donors (Lipinski definition) is 0. The summed E-state index contributed by atoms with van der Waals surface area (Å²) >= 11 is 0. The van der Waals surface area contributed by atoms with Gasteiger partial charge in [-0.25, -0.2) is 9.97 Å². The van der Waals surface area contributed by atoms with E-state index in [1.807, 2.05) is 25.5 Å². The van der Waals surface area contributed by atoms with E-state index in [-0.39, 0.29) is 0 Å². The van der Waals surface area contributed by atoms with Gasteiger partial charge >= 0.3 is 0 Å². The molecule has 4 rings (SSSR count). The molecule has 20 heavy (non-hydrogen) atoms. The first-order valence-corrected chi connectivity index (χ1v) is 6.87. The van der Waals surface area contributed by atoms with Crippen molar-refractivity contribution in [1.82, 2.24) is 14.5 Å². The third kappa shape index (κ3) is 1.67. The Morgan fingerprint density at radius 3 is 2.80 bits per heavy atom. The molecule has 0 bridgehead atoms. The average molecular weight is 268 g/mol. The van der Waals surface area contributed by atoms with Crippen LogP contribution in [0.1, 0.15) is 0 Å². The second-order valence-electron chi connectivity index (χ2n) is 5.10. The molecule has 0 atom stereocenters. The summed E-state index contributed by atoms with van der Waals surface area (Å²) in [6.45, 7) is 3.25. The molecule has 0 aliphatic carbocycles. The molecule has 0 N–H and O–H groups in total. The molecule has 0 spiro atoms. The number of benzene rings is 1. The lowest BCUT2D eigenvalue weighted by atomic mass is 10.2. The Kier molecular flexibility index (Phi) is 2.60. The van der Waals surface area contributed by atoms with Gasteiger partial charge in [0.15, 0.2) is 5.82 Å². The first-order valence-electron chi connectivity index (χ1n) is 6.87. The molecule has 0 saturated carbocycles. The summed E-state index contributed by atoms with van der Waals surface area (Å²) in [7, 11) is 2.03. The number of morpholine rings is 1. The summed E-state index contributed by atoms with van der Waals surface area (Å²) in [4.78, 5) is 11.7. The van der Waals surface area contributed by atoms with Crippen LogP contribution in [-0.2, 0) is 11.8 Å². The molecule has 3 aromatic rings. The zero-order valence-corrected chi connectivity index (χ0v) is 11.4. The average Bonchev–Trinajstić information content (AvgIpc) is 2.90. The Morgan fingerprint density at radius 2 is 1.95 bits per heavy atom. The lowest BCUT2D eigenvalue weighted by Gasteiger charge is -2.28. The van der Waals surface area contributed by atoms with Gasteiger partial charge in [0.1, 0.15) is 5.52 Å². The zero-order chi connectivity index (χ0) is 13.5. The fourth-order valence-corrected chi connectivity index (χ4v) is 2.85. The van der Waals surface area contributed by atoms with Crippen LogP contribution in [0.3, 0.4) is 0 Å². The number of rotatable bonds is 1. The van der Waals surface area contributed by atoms with Crippen LogP contribution in [0.15, 0.2) is 30.6 Å². The highest BCUT2D eigenvalue weighted by Crippen LogP contribution is 2.30. The summed E-state index contributed by atoms with van der Waals surface area (Å²) in [5.41, 5.74) is 3.15. The van der Waals surface area contributed by atoms with Gasteiger partial charge in [-0.2, -0.15) is 0 Å². The van der Waals surface area contributed by atoms with Gasteiger partial charge in [0.2, 0.25) is 0 Å². The summed E-state index contributed by atoms with van der Waals surface area (Å²) < 4.78 is 7.50. The Labute approximate surface area is 116 Å². The minimum Gasteiger partial charge on any atom is -0.378 e. The van der Waals surface area contributed by atoms with Crippen LogP contribution in [0.25, 0.3) is 21.9 Å². The Morgan fingerprint density at radius 1 is 1.15 bits per heavy atom. The van der Waals surface area contributed by atoms with Crippen molar-refractivity contribution < 1.29 is 4.74 Å². The maximum Gasteiger partial charge on any atom is 0.157 e. The van der Waals surface area contributed by atoms with Crippen molar-refractivity contribution >= 4 is 27.8 Å². The number of ether oxygens (including phenoxy) is 1. The number of anilines is 1. The molecule has 1 aromatic carbocycles. The molecule has 102 valence electrons. The van der Waals surface area contributed by atoms with Gasteiger partial charge in [0, 0.05) is 25.5 Å². The quantitative estimate of drug-likeness (QED) is 0.676. The largest absolute Gasteiger partial charge is 0.378 e. The van der Waals surface area contributed by atoms with Gasteiger partial charge in [0.25, 0.3) is 0 Å². The molecule has 5 heteroatoms. The van der Waals surface area contributed by atoms with Crippen LogP contribution >= 0.6 is 0 Å². The van der Waals surface area contributed by atoms with E-state index in [2.05, 4.69) is 26.6 Å². The number of nitrogens with zero attached hydrogens (tertiary/aromatic N) is 4. The van der Waals surface area contributed by atoms with Gasteiger partial charge in [-0.05, 0) is 6.07 Å². The molecule has 1 fully saturated rings. The number of imidazole rings is 1. The molecule has 0 amide bonds. The topological polar surface area (TPSA) is 43.2 Å². The van der Waals surface area contributed by atoms with Gasteiger partial charge in [-0.15, -0.1) is 0 Å². The third-order valence-corrected chi connectivity index (χ3v) is 3.84. The minimum absolute atomic E-state index is 0.753. The molecule has 2 aromatic heterocycles. The van der Waals surface area contributed by atoms with Crippen molar-refractivity contribution in [3.8, 4) is 0 Å². The zero-order valence-electron chi connectivity index (χ0n) is 11.4. The number of aromatic nitrogens is 3. The van der Waals surface area contributed by atoms with E-state index in [1.54, 1.807) is 0 Å². The Bertz CT molecular complexity index is 774. The van der Waals surface area contributed by atoms with Gasteiger partial charge in [-0.1, -0.05) is 18.2 Å². The second kappa shape index (κ2) is 4.45. The van der Waals surface area contributed by atoms with Crippen LogP contribution in [0.5, 0.6) is 0 Å². The molecule has 5 nitrogen and oxygen atoms in total. The number of fused-ring (bicyclic) bond motifs is 3. The van der Waals surface area contributed by atoms with Crippen LogP contribution < -0.4 is 4.90 Å².